The summed E-state index contributed by atoms with van der Waals surface area (Å²) in [5.74, 6) is -0.256. The van der Waals surface area contributed by atoms with Crippen LogP contribution in [0.4, 0.5) is 0 Å². The monoisotopic (exact) mass is 201 g/mol. The molecule has 0 atom stereocenters. The van der Waals surface area contributed by atoms with Crippen LogP contribution in [-0.2, 0) is 4.79 Å². The Morgan fingerprint density at radius 2 is 2.07 bits per heavy atom. The Labute approximate surface area is 84.3 Å². The van der Waals surface area contributed by atoms with Crippen molar-refractivity contribution in [3.8, 4) is 0 Å². The van der Waals surface area contributed by atoms with Crippen LogP contribution in [0.15, 0.2) is 0 Å². The summed E-state index contributed by atoms with van der Waals surface area (Å²) < 4.78 is 0. The van der Waals surface area contributed by atoms with Crippen LogP contribution < -0.4 is 5.32 Å². The molecule has 14 heavy (non-hydrogen) atoms. The molecule has 1 rings (SSSR count). The molecule has 0 aromatic rings. The van der Waals surface area contributed by atoms with Gasteiger partial charge in [-0.3, -0.25) is 4.79 Å². The molecule has 1 aliphatic carbocycles. The lowest BCUT2D eigenvalue weighted by atomic mass is 9.82. The molecule has 1 fully saturated rings. The summed E-state index contributed by atoms with van der Waals surface area (Å²) >= 11 is 0. The van der Waals surface area contributed by atoms with Gasteiger partial charge in [0.15, 0.2) is 0 Å². The number of hydrogen-bond acceptors (Lipinski definition) is 3. The molecule has 0 bridgehead atoms. The number of carboxylic acids is 1. The van der Waals surface area contributed by atoms with Crippen molar-refractivity contribution in [1.82, 2.24) is 5.32 Å². The Morgan fingerprint density at radius 1 is 1.50 bits per heavy atom. The molecule has 1 saturated carbocycles. The summed E-state index contributed by atoms with van der Waals surface area (Å²) in [6.07, 6.45) is 1.57. The van der Waals surface area contributed by atoms with E-state index in [1.54, 1.807) is 13.8 Å². The number of aliphatic hydroxyl groups excluding tert-OH is 1. The first kappa shape index (κ1) is 11.5. The van der Waals surface area contributed by atoms with E-state index in [9.17, 15) is 4.79 Å². The summed E-state index contributed by atoms with van der Waals surface area (Å²) in [5, 5.41) is 21.0. The van der Waals surface area contributed by atoms with Crippen LogP contribution in [0, 0.1) is 11.3 Å². The Hall–Kier alpha value is -0.610. The first-order chi connectivity index (χ1) is 6.42. The van der Waals surface area contributed by atoms with Gasteiger partial charge >= 0.3 is 5.97 Å². The molecule has 0 unspecified atom stereocenters. The molecule has 0 spiro atoms. The number of rotatable bonds is 5. The highest BCUT2D eigenvalue weighted by atomic mass is 16.4. The van der Waals surface area contributed by atoms with Gasteiger partial charge < -0.3 is 15.5 Å². The highest BCUT2D eigenvalue weighted by Gasteiger charge is 2.29. The van der Waals surface area contributed by atoms with E-state index >= 15 is 0 Å². The molecule has 4 nitrogen and oxygen atoms in total. The van der Waals surface area contributed by atoms with E-state index in [-0.39, 0.29) is 6.10 Å². The number of hydrogen-bond donors (Lipinski definition) is 3. The average Bonchev–Trinajstić information content (AvgIpc) is 2.00. The number of carbonyl (C=O) groups is 1. The van der Waals surface area contributed by atoms with Crippen LogP contribution in [0.25, 0.3) is 0 Å². The van der Waals surface area contributed by atoms with E-state index in [0.29, 0.717) is 12.5 Å². The van der Waals surface area contributed by atoms with Crippen LogP contribution in [-0.4, -0.2) is 35.4 Å². The highest BCUT2D eigenvalue weighted by molar-refractivity contribution is 5.73. The Morgan fingerprint density at radius 3 is 2.50 bits per heavy atom. The second kappa shape index (κ2) is 4.28. The average molecular weight is 201 g/mol. The molecule has 0 heterocycles. The molecular weight excluding hydrogens is 182 g/mol. The van der Waals surface area contributed by atoms with Gasteiger partial charge in [-0.25, -0.2) is 0 Å². The second-order valence-electron chi connectivity index (χ2n) is 4.81. The van der Waals surface area contributed by atoms with Crippen molar-refractivity contribution < 1.29 is 15.0 Å². The van der Waals surface area contributed by atoms with E-state index in [4.69, 9.17) is 10.2 Å². The van der Waals surface area contributed by atoms with Crippen LogP contribution in [0.5, 0.6) is 0 Å². The highest BCUT2D eigenvalue weighted by Crippen LogP contribution is 2.26. The summed E-state index contributed by atoms with van der Waals surface area (Å²) in [5.41, 5.74) is -0.706. The van der Waals surface area contributed by atoms with Gasteiger partial charge in [0.25, 0.3) is 0 Å². The van der Waals surface area contributed by atoms with Gasteiger partial charge in [-0.1, -0.05) is 0 Å². The fourth-order valence-corrected chi connectivity index (χ4v) is 1.53. The summed E-state index contributed by atoms with van der Waals surface area (Å²) in [7, 11) is 0. The summed E-state index contributed by atoms with van der Waals surface area (Å²) in [6.45, 7) is 4.71. The lowest BCUT2D eigenvalue weighted by molar-refractivity contribution is -0.146. The molecule has 0 aromatic heterocycles. The maximum Gasteiger partial charge on any atom is 0.310 e. The third-order valence-electron chi connectivity index (χ3n) is 2.79. The van der Waals surface area contributed by atoms with Crippen molar-refractivity contribution in [2.45, 2.75) is 32.8 Å². The molecule has 0 radical (unpaired) electrons. The molecule has 82 valence electrons. The van der Waals surface area contributed by atoms with E-state index < -0.39 is 11.4 Å². The third kappa shape index (κ3) is 2.96. The minimum atomic E-state index is -0.779. The minimum Gasteiger partial charge on any atom is -0.481 e. The quantitative estimate of drug-likeness (QED) is 0.604. The van der Waals surface area contributed by atoms with Gasteiger partial charge in [0.1, 0.15) is 0 Å². The smallest absolute Gasteiger partial charge is 0.310 e. The van der Waals surface area contributed by atoms with Crippen molar-refractivity contribution in [2.24, 2.45) is 11.3 Å². The van der Waals surface area contributed by atoms with E-state index in [1.807, 2.05) is 0 Å². The topological polar surface area (TPSA) is 69.6 Å². The molecular formula is C10H19NO3. The fourth-order valence-electron chi connectivity index (χ4n) is 1.53. The first-order valence-corrected chi connectivity index (χ1v) is 5.04. The van der Waals surface area contributed by atoms with E-state index in [1.165, 1.54) is 0 Å². The predicted octanol–water partition coefficient (Wildman–Crippen LogP) is 0.458. The zero-order chi connectivity index (χ0) is 10.8. The minimum absolute atomic E-state index is 0.130. The van der Waals surface area contributed by atoms with E-state index in [2.05, 4.69) is 5.32 Å². The molecule has 1 aliphatic rings. The van der Waals surface area contributed by atoms with Crippen molar-refractivity contribution in [1.29, 1.82) is 0 Å². The predicted molar refractivity (Wildman–Crippen MR) is 53.0 cm³/mol. The summed E-state index contributed by atoms with van der Waals surface area (Å²) in [6, 6.07) is 0. The SMILES string of the molecule is CC(C)(CNCC1CC(O)C1)C(=O)O. The number of carboxylic acid groups (broad SMARTS) is 1. The molecule has 0 aromatic carbocycles. The van der Waals surface area contributed by atoms with Gasteiger partial charge in [0.05, 0.1) is 11.5 Å². The lowest BCUT2D eigenvalue weighted by Crippen LogP contribution is -2.41. The summed E-state index contributed by atoms with van der Waals surface area (Å²) in [4.78, 5) is 10.8. The number of nitrogens with one attached hydrogen (secondary N) is 1. The number of aliphatic carboxylic acids is 1. The largest absolute Gasteiger partial charge is 0.481 e. The maximum absolute atomic E-state index is 10.8. The van der Waals surface area contributed by atoms with E-state index in [0.717, 1.165) is 19.4 Å². The molecule has 0 amide bonds. The fraction of sp³-hybridized carbons (Fsp3) is 0.900. The third-order valence-corrected chi connectivity index (χ3v) is 2.79. The Kier molecular flexibility index (Phi) is 3.50. The van der Waals surface area contributed by atoms with Crippen LogP contribution in [0.3, 0.4) is 0 Å². The molecule has 0 aliphatic heterocycles. The second-order valence-corrected chi connectivity index (χ2v) is 4.81. The van der Waals surface area contributed by atoms with Gasteiger partial charge in [0.2, 0.25) is 0 Å². The van der Waals surface area contributed by atoms with Crippen LogP contribution >= 0.6 is 0 Å². The normalized spacial score (nSPS) is 27.1. The Balaban J connectivity index is 2.12. The molecule has 4 heteroatoms. The van der Waals surface area contributed by atoms with Crippen molar-refractivity contribution >= 4 is 5.97 Å². The van der Waals surface area contributed by atoms with Gasteiger partial charge in [-0.15, -0.1) is 0 Å². The Bertz CT molecular complexity index is 209. The zero-order valence-electron chi connectivity index (χ0n) is 8.79. The van der Waals surface area contributed by atoms with Crippen LogP contribution in [0.2, 0.25) is 0 Å². The van der Waals surface area contributed by atoms with Gasteiger partial charge in [0, 0.05) is 6.54 Å². The molecule has 3 N–H and O–H groups in total. The molecule has 0 saturated heterocycles. The van der Waals surface area contributed by atoms with Crippen molar-refractivity contribution in [2.75, 3.05) is 13.1 Å². The van der Waals surface area contributed by atoms with Crippen molar-refractivity contribution in [3.63, 3.8) is 0 Å². The maximum atomic E-state index is 10.8. The lowest BCUT2D eigenvalue weighted by Gasteiger charge is -2.32. The van der Waals surface area contributed by atoms with Gasteiger partial charge in [-0.2, -0.15) is 0 Å². The van der Waals surface area contributed by atoms with Crippen LogP contribution in [0.1, 0.15) is 26.7 Å². The number of aliphatic hydroxyl groups is 1. The zero-order valence-corrected chi connectivity index (χ0v) is 8.79. The van der Waals surface area contributed by atoms with Gasteiger partial charge in [-0.05, 0) is 39.2 Å². The van der Waals surface area contributed by atoms with Crippen molar-refractivity contribution in [3.05, 3.63) is 0 Å². The first-order valence-electron chi connectivity index (χ1n) is 5.04. The standard InChI is InChI=1S/C10H19NO3/c1-10(2,9(13)14)6-11-5-7-3-8(12)4-7/h7-8,11-12H,3-6H2,1-2H3,(H,13,14).